The average Bonchev–Trinajstić information content (AvgIpc) is 3.33. The predicted molar refractivity (Wildman–Crippen MR) is 123 cm³/mol. The van der Waals surface area contributed by atoms with Crippen LogP contribution in [0.15, 0.2) is 60.8 Å². The number of carbonyl (C=O) groups is 2. The number of hydrogen-bond acceptors (Lipinski definition) is 4. The van der Waals surface area contributed by atoms with Gasteiger partial charge in [-0.15, -0.1) is 0 Å². The molecule has 0 bridgehead atoms. The van der Waals surface area contributed by atoms with Gasteiger partial charge < -0.3 is 10.2 Å². The number of nitrogens with zero attached hydrogens (tertiary/aromatic N) is 3. The normalized spacial score (nSPS) is 15.5. The Hall–Kier alpha value is -3.61. The summed E-state index contributed by atoms with van der Waals surface area (Å²) in [5.74, 6) is 0.0758. The van der Waals surface area contributed by atoms with Crippen LogP contribution in [0, 0.1) is 12.7 Å². The summed E-state index contributed by atoms with van der Waals surface area (Å²) in [5.41, 5.74) is 2.90. The van der Waals surface area contributed by atoms with Gasteiger partial charge in [0.25, 0.3) is 5.91 Å². The first-order valence-corrected chi connectivity index (χ1v) is 11.2. The Bertz CT molecular complexity index is 1120. The molecule has 1 aromatic heterocycles. The molecule has 4 rings (SSSR count). The highest BCUT2D eigenvalue weighted by Crippen LogP contribution is 2.31. The summed E-state index contributed by atoms with van der Waals surface area (Å²) in [6, 6.07) is 15.8. The highest BCUT2D eigenvalue weighted by atomic mass is 19.1. The van der Waals surface area contributed by atoms with Crippen molar-refractivity contribution in [1.82, 2.24) is 20.2 Å². The van der Waals surface area contributed by atoms with Gasteiger partial charge >= 0.3 is 0 Å². The van der Waals surface area contributed by atoms with Gasteiger partial charge in [-0.2, -0.15) is 0 Å². The van der Waals surface area contributed by atoms with Crippen LogP contribution in [0.2, 0.25) is 0 Å². The third-order valence-electron chi connectivity index (χ3n) is 5.95. The highest BCUT2D eigenvalue weighted by molar-refractivity contribution is 5.94. The fourth-order valence-corrected chi connectivity index (χ4v) is 4.12. The van der Waals surface area contributed by atoms with Gasteiger partial charge in [-0.3, -0.25) is 9.59 Å². The molecule has 1 aliphatic heterocycles. The van der Waals surface area contributed by atoms with Gasteiger partial charge in [0, 0.05) is 25.7 Å². The third kappa shape index (κ3) is 5.61. The molecule has 7 heteroatoms. The Labute approximate surface area is 192 Å². The zero-order chi connectivity index (χ0) is 23.2. The highest BCUT2D eigenvalue weighted by Gasteiger charge is 2.32. The van der Waals surface area contributed by atoms with E-state index in [1.54, 1.807) is 19.1 Å². The van der Waals surface area contributed by atoms with Crippen LogP contribution in [0.1, 0.15) is 58.3 Å². The molecular weight excluding hydrogens is 419 g/mol. The second-order valence-electron chi connectivity index (χ2n) is 8.27. The van der Waals surface area contributed by atoms with Gasteiger partial charge in [-0.1, -0.05) is 42.5 Å². The van der Waals surface area contributed by atoms with E-state index in [-0.39, 0.29) is 30.2 Å². The van der Waals surface area contributed by atoms with Crippen molar-refractivity contribution in [2.75, 3.05) is 6.54 Å². The summed E-state index contributed by atoms with van der Waals surface area (Å²) in [6.07, 6.45) is 4.40. The van der Waals surface area contributed by atoms with Crippen molar-refractivity contribution in [3.8, 4) is 0 Å². The topological polar surface area (TPSA) is 75.2 Å². The minimum atomic E-state index is -0.315. The third-order valence-corrected chi connectivity index (χ3v) is 5.95. The minimum absolute atomic E-state index is 0.101. The molecule has 170 valence electrons. The van der Waals surface area contributed by atoms with Crippen molar-refractivity contribution in [1.29, 1.82) is 0 Å². The predicted octanol–water partition coefficient (Wildman–Crippen LogP) is 4.15. The van der Waals surface area contributed by atoms with Gasteiger partial charge in [0.1, 0.15) is 5.82 Å². The Morgan fingerprint density at radius 2 is 1.85 bits per heavy atom. The summed E-state index contributed by atoms with van der Waals surface area (Å²) in [4.78, 5) is 36.4. The van der Waals surface area contributed by atoms with E-state index >= 15 is 0 Å². The van der Waals surface area contributed by atoms with Gasteiger partial charge in [-0.05, 0) is 49.4 Å². The number of likely N-dealkylation sites (tertiary alicyclic amines) is 1. The molecular formula is C26H27FN4O2. The van der Waals surface area contributed by atoms with Crippen LogP contribution >= 0.6 is 0 Å². The molecule has 0 spiro atoms. The van der Waals surface area contributed by atoms with Crippen molar-refractivity contribution in [2.45, 2.75) is 45.2 Å². The van der Waals surface area contributed by atoms with Gasteiger partial charge in [0.15, 0.2) is 5.82 Å². The number of amides is 2. The second kappa shape index (κ2) is 10.3. The van der Waals surface area contributed by atoms with Crippen molar-refractivity contribution in [2.24, 2.45) is 0 Å². The Morgan fingerprint density at radius 1 is 1.09 bits per heavy atom. The first kappa shape index (κ1) is 22.6. The maximum atomic E-state index is 13.0. The lowest BCUT2D eigenvalue weighted by Gasteiger charge is -2.24. The van der Waals surface area contributed by atoms with Crippen molar-refractivity contribution < 1.29 is 14.0 Å². The lowest BCUT2D eigenvalue weighted by molar-refractivity contribution is -0.132. The molecule has 0 radical (unpaired) electrons. The molecule has 2 amide bonds. The molecule has 1 aliphatic rings. The molecule has 1 saturated heterocycles. The maximum absolute atomic E-state index is 13.0. The number of aryl methyl sites for hydroxylation is 2. The smallest absolute Gasteiger partial charge is 0.254 e. The van der Waals surface area contributed by atoms with E-state index in [0.717, 1.165) is 24.0 Å². The summed E-state index contributed by atoms with van der Waals surface area (Å²) >= 11 is 0. The van der Waals surface area contributed by atoms with Crippen LogP contribution in [0.5, 0.6) is 0 Å². The molecule has 1 N–H and O–H groups in total. The van der Waals surface area contributed by atoms with Crippen molar-refractivity contribution >= 4 is 11.8 Å². The van der Waals surface area contributed by atoms with Crippen LogP contribution < -0.4 is 5.32 Å². The zero-order valence-electron chi connectivity index (χ0n) is 18.6. The second-order valence-corrected chi connectivity index (χ2v) is 8.27. The monoisotopic (exact) mass is 446 g/mol. The lowest BCUT2D eigenvalue weighted by Crippen LogP contribution is -2.32. The summed E-state index contributed by atoms with van der Waals surface area (Å²) in [5, 5.41) is 2.82. The van der Waals surface area contributed by atoms with Crippen molar-refractivity contribution in [3.05, 3.63) is 94.8 Å². The Morgan fingerprint density at radius 3 is 2.58 bits per heavy atom. The molecule has 0 saturated carbocycles. The van der Waals surface area contributed by atoms with Gasteiger partial charge in [0.05, 0.1) is 17.3 Å². The van der Waals surface area contributed by atoms with Crippen molar-refractivity contribution in [3.63, 3.8) is 0 Å². The van der Waals surface area contributed by atoms with E-state index in [1.165, 1.54) is 18.3 Å². The van der Waals surface area contributed by atoms with E-state index in [9.17, 15) is 14.0 Å². The van der Waals surface area contributed by atoms with Crippen LogP contribution in [-0.4, -0.2) is 33.2 Å². The number of aromatic nitrogens is 2. The number of carbonyl (C=O) groups excluding carboxylic acids is 2. The first-order chi connectivity index (χ1) is 16.0. The summed E-state index contributed by atoms with van der Waals surface area (Å²) < 4.78 is 13.0. The largest absolute Gasteiger partial charge is 0.348 e. The molecule has 0 unspecified atom stereocenters. The lowest BCUT2D eigenvalue weighted by atomic mass is 10.1. The average molecular weight is 447 g/mol. The van der Waals surface area contributed by atoms with E-state index < -0.39 is 0 Å². The fourth-order valence-electron chi connectivity index (χ4n) is 4.12. The van der Waals surface area contributed by atoms with Crippen LogP contribution in [0.4, 0.5) is 4.39 Å². The molecule has 1 fully saturated rings. The van der Waals surface area contributed by atoms with Gasteiger partial charge in [0.2, 0.25) is 5.91 Å². The SMILES string of the molecule is Cc1nc([C@H]2CCCN2C(=O)CCc2ccccc2)ncc1C(=O)NCc1ccc(F)cc1. The number of hydrogen-bond donors (Lipinski definition) is 1. The standard InChI is InChI=1S/C26H27FN4O2/c1-18-22(26(33)29-16-20-9-12-21(27)13-10-20)17-28-25(30-18)23-8-5-15-31(23)24(32)14-11-19-6-3-2-4-7-19/h2-4,6-7,9-10,12-13,17,23H,5,8,11,14-16H2,1H3,(H,29,33)/t23-/m1/s1. The summed E-state index contributed by atoms with van der Waals surface area (Å²) in [6.45, 7) is 2.75. The molecule has 3 aromatic rings. The van der Waals surface area contributed by atoms with Crippen LogP contribution in [0.25, 0.3) is 0 Å². The quantitative estimate of drug-likeness (QED) is 0.592. The molecule has 1 atom stereocenters. The van der Waals surface area contributed by atoms with E-state index in [4.69, 9.17) is 0 Å². The van der Waals surface area contributed by atoms with E-state index in [2.05, 4.69) is 15.3 Å². The van der Waals surface area contributed by atoms with E-state index in [1.807, 2.05) is 35.2 Å². The van der Waals surface area contributed by atoms with Crippen LogP contribution in [-0.2, 0) is 17.8 Å². The summed E-state index contributed by atoms with van der Waals surface area (Å²) in [7, 11) is 0. The van der Waals surface area contributed by atoms with Gasteiger partial charge in [-0.25, -0.2) is 14.4 Å². The Kier molecular flexibility index (Phi) is 7.07. The first-order valence-electron chi connectivity index (χ1n) is 11.2. The van der Waals surface area contributed by atoms with Crippen LogP contribution in [0.3, 0.4) is 0 Å². The number of benzene rings is 2. The molecule has 2 aromatic carbocycles. The fraction of sp³-hybridized carbons (Fsp3) is 0.308. The maximum Gasteiger partial charge on any atom is 0.254 e. The Balaban J connectivity index is 1.39. The minimum Gasteiger partial charge on any atom is -0.348 e. The zero-order valence-corrected chi connectivity index (χ0v) is 18.6. The number of nitrogens with one attached hydrogen (secondary N) is 1. The molecule has 0 aliphatic carbocycles. The molecule has 33 heavy (non-hydrogen) atoms. The van der Waals surface area contributed by atoms with E-state index in [0.29, 0.717) is 36.5 Å². The molecule has 6 nitrogen and oxygen atoms in total. The number of rotatable bonds is 7. The molecule has 2 heterocycles. The number of halogens is 1.